The third-order valence-electron chi connectivity index (χ3n) is 4.57. The quantitative estimate of drug-likeness (QED) is 0.258. The predicted molar refractivity (Wildman–Crippen MR) is 185 cm³/mol. The molecule has 0 spiro atoms. The summed E-state index contributed by atoms with van der Waals surface area (Å²) in [6.45, 7) is 20.0. The monoisotopic (exact) mass is 532 g/mol. The predicted octanol–water partition coefficient (Wildman–Crippen LogP) is 12.7. The lowest BCUT2D eigenvalue weighted by Crippen LogP contribution is -2.08. The van der Waals surface area contributed by atoms with Gasteiger partial charge in [-0.2, -0.15) is 0 Å². The molecule has 218 valence electrons. The van der Waals surface area contributed by atoms with Gasteiger partial charge in [-0.25, -0.2) is 0 Å². The van der Waals surface area contributed by atoms with Crippen molar-refractivity contribution in [1.82, 2.24) is 0 Å². The van der Waals surface area contributed by atoms with E-state index in [-0.39, 0.29) is 7.43 Å². The molecule has 4 rings (SSSR count). The molecule has 2 heteroatoms. The van der Waals surface area contributed by atoms with Crippen molar-refractivity contribution < 1.29 is 0 Å². The van der Waals surface area contributed by atoms with Crippen molar-refractivity contribution in [1.29, 1.82) is 0 Å². The minimum Gasteiger partial charge on any atom is -0.345 e. The van der Waals surface area contributed by atoms with Crippen LogP contribution in [0.5, 0.6) is 0 Å². The van der Waals surface area contributed by atoms with Crippen LogP contribution in [0.1, 0.15) is 76.7 Å². The number of anilines is 4. The maximum absolute atomic E-state index is 2.17. The van der Waals surface area contributed by atoms with Gasteiger partial charge in [0.2, 0.25) is 0 Å². The lowest BCUT2D eigenvalue weighted by molar-refractivity contribution is 1.21. The van der Waals surface area contributed by atoms with Crippen molar-refractivity contribution in [2.75, 3.05) is 23.9 Å². The van der Waals surface area contributed by atoms with Gasteiger partial charge in [0, 0.05) is 36.8 Å². The molecule has 0 aliphatic rings. The molecule has 0 atom stereocenters. The highest BCUT2D eigenvalue weighted by atomic mass is 15.1. The number of rotatable bonds is 4. The molecule has 0 saturated heterocycles. The van der Waals surface area contributed by atoms with Crippen LogP contribution in [-0.4, -0.2) is 14.1 Å². The summed E-state index contributed by atoms with van der Waals surface area (Å²) < 4.78 is 0. The fourth-order valence-corrected chi connectivity index (χ4v) is 2.90. The van der Waals surface area contributed by atoms with Crippen molar-refractivity contribution in [3.8, 4) is 0 Å². The van der Waals surface area contributed by atoms with Crippen molar-refractivity contribution in [2.24, 2.45) is 0 Å². The molecule has 0 radical (unpaired) electrons. The van der Waals surface area contributed by atoms with Crippen LogP contribution in [0.4, 0.5) is 22.7 Å². The Hall–Kier alpha value is -3.52. The number of benzene rings is 4. The molecule has 39 heavy (non-hydrogen) atoms. The van der Waals surface area contributed by atoms with E-state index in [2.05, 4.69) is 121 Å². The SMILES string of the molecule is C.CC.CC.CC.CC.CC.CN(c1ccccc1)c1ccccc1.CN(c1ccccc1)c1ccccc1. The average Bonchev–Trinajstić information content (AvgIpc) is 3.07. The summed E-state index contributed by atoms with van der Waals surface area (Å²) >= 11 is 0. The number of para-hydroxylation sites is 4. The lowest BCUT2D eigenvalue weighted by Gasteiger charge is -2.18. The lowest BCUT2D eigenvalue weighted by atomic mass is 10.2. The zero-order valence-corrected chi connectivity index (χ0v) is 26.4. The van der Waals surface area contributed by atoms with Gasteiger partial charge in [-0.15, -0.1) is 0 Å². The van der Waals surface area contributed by atoms with E-state index in [4.69, 9.17) is 0 Å². The van der Waals surface area contributed by atoms with Gasteiger partial charge >= 0.3 is 0 Å². The number of nitrogens with zero attached hydrogens (tertiary/aromatic N) is 2. The van der Waals surface area contributed by atoms with Crippen LogP contribution >= 0.6 is 0 Å². The highest BCUT2D eigenvalue weighted by Gasteiger charge is 2.01. The summed E-state index contributed by atoms with van der Waals surface area (Å²) in [7, 11) is 4.15. The maximum Gasteiger partial charge on any atom is 0.0408 e. The molecule has 4 aromatic rings. The highest BCUT2D eigenvalue weighted by Crippen LogP contribution is 2.22. The number of hydrogen-bond donors (Lipinski definition) is 0. The van der Waals surface area contributed by atoms with E-state index >= 15 is 0 Å². The van der Waals surface area contributed by atoms with Crippen LogP contribution in [0.25, 0.3) is 0 Å². The Morgan fingerprint density at radius 1 is 0.282 bits per heavy atom. The fraction of sp³-hybridized carbons (Fsp3) is 0.351. The molecular weight excluding hydrogens is 472 g/mol. The molecule has 0 N–H and O–H groups in total. The molecule has 2 nitrogen and oxygen atoms in total. The molecule has 0 fully saturated rings. The minimum absolute atomic E-state index is 0. The first-order valence-electron chi connectivity index (χ1n) is 14.4. The Balaban J connectivity index is -0.000000234. The first-order valence-corrected chi connectivity index (χ1v) is 14.4. The molecule has 0 aromatic heterocycles. The standard InChI is InChI=1S/2C13H13N.5C2H6.CH4/c2*1-14(12-8-4-2-5-9-12)13-10-6-3-7-11-13;5*1-2;/h2*2-11H,1H3;5*1-2H3;1H4. The first-order chi connectivity index (χ1) is 18.8. The largest absolute Gasteiger partial charge is 0.345 e. The Kier molecular flexibility index (Phi) is 35.5. The Morgan fingerprint density at radius 2 is 0.410 bits per heavy atom. The molecule has 0 unspecified atom stereocenters. The van der Waals surface area contributed by atoms with Crippen molar-refractivity contribution in [3.05, 3.63) is 121 Å². The smallest absolute Gasteiger partial charge is 0.0408 e. The van der Waals surface area contributed by atoms with E-state index in [1.165, 1.54) is 22.7 Å². The van der Waals surface area contributed by atoms with Crippen LogP contribution in [-0.2, 0) is 0 Å². The van der Waals surface area contributed by atoms with Gasteiger partial charge in [0.15, 0.2) is 0 Å². The Morgan fingerprint density at radius 3 is 0.538 bits per heavy atom. The molecule has 0 saturated carbocycles. The summed E-state index contributed by atoms with van der Waals surface area (Å²) in [5.74, 6) is 0. The maximum atomic E-state index is 2.17. The van der Waals surface area contributed by atoms with Crippen LogP contribution < -0.4 is 9.80 Å². The second kappa shape index (κ2) is 32.5. The summed E-state index contributed by atoms with van der Waals surface area (Å²) in [5.41, 5.74) is 4.83. The van der Waals surface area contributed by atoms with E-state index < -0.39 is 0 Å². The van der Waals surface area contributed by atoms with Crippen LogP contribution in [0, 0.1) is 0 Å². The second-order valence-corrected chi connectivity index (χ2v) is 6.46. The molecule has 0 amide bonds. The molecule has 0 heterocycles. The van der Waals surface area contributed by atoms with Gasteiger partial charge in [-0.05, 0) is 48.5 Å². The van der Waals surface area contributed by atoms with Gasteiger partial charge in [0.25, 0.3) is 0 Å². The normalized spacial score (nSPS) is 7.79. The third-order valence-corrected chi connectivity index (χ3v) is 4.57. The van der Waals surface area contributed by atoms with E-state index in [9.17, 15) is 0 Å². The second-order valence-electron chi connectivity index (χ2n) is 6.46. The topological polar surface area (TPSA) is 6.48 Å². The third kappa shape index (κ3) is 18.4. The molecule has 0 bridgehead atoms. The van der Waals surface area contributed by atoms with Gasteiger partial charge in [0.05, 0.1) is 0 Å². The highest BCUT2D eigenvalue weighted by molar-refractivity contribution is 5.62. The van der Waals surface area contributed by atoms with Crippen molar-refractivity contribution in [3.63, 3.8) is 0 Å². The van der Waals surface area contributed by atoms with Gasteiger partial charge < -0.3 is 9.80 Å². The van der Waals surface area contributed by atoms with Crippen LogP contribution in [0.15, 0.2) is 121 Å². The van der Waals surface area contributed by atoms with E-state index in [0.29, 0.717) is 0 Å². The van der Waals surface area contributed by atoms with Crippen LogP contribution in [0.2, 0.25) is 0 Å². The molecule has 0 aliphatic heterocycles. The van der Waals surface area contributed by atoms with Gasteiger partial charge in [-0.1, -0.05) is 149 Å². The summed E-state index contributed by atoms with van der Waals surface area (Å²) in [6, 6.07) is 41.4. The van der Waals surface area contributed by atoms with E-state index in [0.717, 1.165) is 0 Å². The van der Waals surface area contributed by atoms with Crippen molar-refractivity contribution >= 4 is 22.7 Å². The van der Waals surface area contributed by atoms with E-state index in [1.54, 1.807) is 0 Å². The zero-order chi connectivity index (χ0) is 29.6. The number of hydrogen-bond acceptors (Lipinski definition) is 2. The van der Waals surface area contributed by atoms with E-state index in [1.807, 2.05) is 93.5 Å². The molecule has 0 aliphatic carbocycles. The Labute approximate surface area is 244 Å². The Bertz CT molecular complexity index is 764. The molecule has 4 aromatic carbocycles. The van der Waals surface area contributed by atoms with Crippen LogP contribution in [0.3, 0.4) is 0 Å². The van der Waals surface area contributed by atoms with Gasteiger partial charge in [-0.3, -0.25) is 0 Å². The van der Waals surface area contributed by atoms with Crippen molar-refractivity contribution in [2.45, 2.75) is 76.7 Å². The fourth-order valence-electron chi connectivity index (χ4n) is 2.90. The summed E-state index contributed by atoms with van der Waals surface area (Å²) in [6.07, 6.45) is 0. The summed E-state index contributed by atoms with van der Waals surface area (Å²) in [4.78, 5) is 4.33. The average molecular weight is 533 g/mol. The first kappa shape index (κ1) is 42.6. The summed E-state index contributed by atoms with van der Waals surface area (Å²) in [5, 5.41) is 0. The minimum atomic E-state index is 0. The zero-order valence-electron chi connectivity index (χ0n) is 26.4. The van der Waals surface area contributed by atoms with Gasteiger partial charge in [0.1, 0.15) is 0 Å². The molecular formula is C37H60N2.